The fraction of sp³-hybridized carbons (Fsp3) is 0.538. The van der Waals surface area contributed by atoms with E-state index in [1.54, 1.807) is 11.3 Å². The Hall–Kier alpha value is -1.24. The lowest BCUT2D eigenvalue weighted by Gasteiger charge is -2.34. The van der Waals surface area contributed by atoms with Gasteiger partial charge in [0.15, 0.2) is 0 Å². The average Bonchev–Trinajstić information content (AvgIpc) is 3.10. The first-order valence-electron chi connectivity index (χ1n) is 6.54. The van der Waals surface area contributed by atoms with Crippen LogP contribution in [0.3, 0.4) is 0 Å². The molecule has 0 aliphatic carbocycles. The summed E-state index contributed by atoms with van der Waals surface area (Å²) >= 11 is 1.62. The zero-order valence-corrected chi connectivity index (χ0v) is 12.1. The van der Waals surface area contributed by atoms with Crippen molar-refractivity contribution in [2.45, 2.75) is 13.0 Å². The summed E-state index contributed by atoms with van der Waals surface area (Å²) in [5.41, 5.74) is 0. The summed E-state index contributed by atoms with van der Waals surface area (Å²) in [6.45, 7) is 6.42. The van der Waals surface area contributed by atoms with Gasteiger partial charge in [0.2, 0.25) is 5.89 Å². The van der Waals surface area contributed by atoms with Gasteiger partial charge in [-0.15, -0.1) is 21.5 Å². The Morgan fingerprint density at radius 2 is 2.05 bits per heavy atom. The maximum Gasteiger partial charge on any atom is 0.257 e. The highest BCUT2D eigenvalue weighted by molar-refractivity contribution is 7.13. The second-order valence-corrected chi connectivity index (χ2v) is 5.89. The molecule has 0 radical (unpaired) electrons. The smallest absolute Gasteiger partial charge is 0.257 e. The molecule has 1 aliphatic heterocycles. The standard InChI is InChI=1S/C13H18N4OS/c1-10(17-7-5-16(2)6-8-17)12-14-15-13(18-12)11-4-3-9-19-11/h3-4,9-10H,5-8H2,1-2H3/t10-/m1/s1. The van der Waals surface area contributed by atoms with Gasteiger partial charge < -0.3 is 9.32 Å². The second kappa shape index (κ2) is 5.40. The predicted octanol–water partition coefficient (Wildman–Crippen LogP) is 2.11. The Labute approximate surface area is 116 Å². The maximum absolute atomic E-state index is 5.80. The van der Waals surface area contributed by atoms with Crippen molar-refractivity contribution in [1.82, 2.24) is 20.0 Å². The van der Waals surface area contributed by atoms with Gasteiger partial charge in [-0.2, -0.15) is 0 Å². The molecule has 1 atom stereocenters. The normalized spacial score (nSPS) is 19.7. The Bertz CT molecular complexity index is 516. The van der Waals surface area contributed by atoms with Crippen LogP contribution in [0.4, 0.5) is 0 Å². The van der Waals surface area contributed by atoms with Gasteiger partial charge >= 0.3 is 0 Å². The highest BCUT2D eigenvalue weighted by Gasteiger charge is 2.24. The van der Waals surface area contributed by atoms with E-state index in [4.69, 9.17) is 4.42 Å². The zero-order chi connectivity index (χ0) is 13.2. The number of hydrogen-bond donors (Lipinski definition) is 0. The fourth-order valence-electron chi connectivity index (χ4n) is 2.27. The van der Waals surface area contributed by atoms with Crippen LogP contribution in [0.2, 0.25) is 0 Å². The number of hydrogen-bond acceptors (Lipinski definition) is 6. The molecule has 0 aromatic carbocycles. The van der Waals surface area contributed by atoms with Gasteiger partial charge in [-0.3, -0.25) is 4.90 Å². The van der Waals surface area contributed by atoms with E-state index in [2.05, 4.69) is 34.0 Å². The van der Waals surface area contributed by atoms with Crippen LogP contribution in [-0.4, -0.2) is 53.2 Å². The van der Waals surface area contributed by atoms with Crippen molar-refractivity contribution in [2.24, 2.45) is 0 Å². The molecule has 3 rings (SSSR count). The van der Waals surface area contributed by atoms with Crippen LogP contribution < -0.4 is 0 Å². The fourth-order valence-corrected chi connectivity index (χ4v) is 2.91. The first-order valence-corrected chi connectivity index (χ1v) is 7.42. The summed E-state index contributed by atoms with van der Waals surface area (Å²) < 4.78 is 5.80. The molecular formula is C13H18N4OS. The van der Waals surface area contributed by atoms with Gasteiger partial charge in [0, 0.05) is 26.2 Å². The van der Waals surface area contributed by atoms with Gasteiger partial charge in [0.05, 0.1) is 10.9 Å². The van der Waals surface area contributed by atoms with Gasteiger partial charge in [-0.05, 0) is 25.4 Å². The number of piperazine rings is 1. The maximum atomic E-state index is 5.80. The number of aromatic nitrogens is 2. The molecule has 0 N–H and O–H groups in total. The van der Waals surface area contributed by atoms with Crippen LogP contribution in [0.25, 0.3) is 10.8 Å². The van der Waals surface area contributed by atoms with Crippen LogP contribution in [0.1, 0.15) is 18.9 Å². The molecular weight excluding hydrogens is 260 g/mol. The van der Waals surface area contributed by atoms with Crippen molar-refractivity contribution in [1.29, 1.82) is 0 Å². The van der Waals surface area contributed by atoms with E-state index in [9.17, 15) is 0 Å². The molecule has 2 aromatic heterocycles. The Morgan fingerprint density at radius 1 is 1.26 bits per heavy atom. The summed E-state index contributed by atoms with van der Waals surface area (Å²) in [5.74, 6) is 1.35. The minimum absolute atomic E-state index is 0.190. The predicted molar refractivity (Wildman–Crippen MR) is 75.1 cm³/mol. The number of likely N-dealkylation sites (N-methyl/N-ethyl adjacent to an activating group) is 1. The third kappa shape index (κ3) is 2.70. The van der Waals surface area contributed by atoms with E-state index in [0.717, 1.165) is 31.1 Å². The van der Waals surface area contributed by atoms with E-state index in [1.165, 1.54) is 0 Å². The monoisotopic (exact) mass is 278 g/mol. The van der Waals surface area contributed by atoms with E-state index in [-0.39, 0.29) is 6.04 Å². The third-order valence-corrected chi connectivity index (χ3v) is 4.47. The van der Waals surface area contributed by atoms with E-state index in [0.29, 0.717) is 11.8 Å². The highest BCUT2D eigenvalue weighted by atomic mass is 32.1. The second-order valence-electron chi connectivity index (χ2n) is 4.94. The van der Waals surface area contributed by atoms with Crippen LogP contribution in [-0.2, 0) is 0 Å². The Kier molecular flexibility index (Phi) is 3.63. The van der Waals surface area contributed by atoms with E-state index in [1.807, 2.05) is 17.5 Å². The molecule has 0 unspecified atom stereocenters. The van der Waals surface area contributed by atoms with Crippen molar-refractivity contribution < 1.29 is 4.42 Å². The molecule has 1 aliphatic rings. The number of nitrogens with zero attached hydrogens (tertiary/aromatic N) is 4. The van der Waals surface area contributed by atoms with Crippen molar-refractivity contribution in [3.8, 4) is 10.8 Å². The molecule has 2 aromatic rings. The van der Waals surface area contributed by atoms with E-state index < -0.39 is 0 Å². The van der Waals surface area contributed by atoms with Crippen molar-refractivity contribution in [2.75, 3.05) is 33.2 Å². The van der Waals surface area contributed by atoms with Crippen molar-refractivity contribution in [3.63, 3.8) is 0 Å². The number of rotatable bonds is 3. The number of thiophene rings is 1. The SMILES string of the molecule is C[C@H](c1nnc(-c2cccs2)o1)N1CCN(C)CC1. The molecule has 19 heavy (non-hydrogen) atoms. The summed E-state index contributed by atoms with van der Waals surface area (Å²) in [6.07, 6.45) is 0. The van der Waals surface area contributed by atoms with Gasteiger partial charge in [0.1, 0.15) is 0 Å². The summed E-state index contributed by atoms with van der Waals surface area (Å²) in [5, 5.41) is 10.4. The minimum Gasteiger partial charge on any atom is -0.418 e. The van der Waals surface area contributed by atoms with Crippen LogP contribution >= 0.6 is 11.3 Å². The van der Waals surface area contributed by atoms with Crippen molar-refractivity contribution >= 4 is 11.3 Å². The highest BCUT2D eigenvalue weighted by Crippen LogP contribution is 2.27. The zero-order valence-electron chi connectivity index (χ0n) is 11.2. The first kappa shape index (κ1) is 12.8. The molecule has 3 heterocycles. The van der Waals surface area contributed by atoms with Crippen LogP contribution in [0, 0.1) is 0 Å². The summed E-state index contributed by atoms with van der Waals surface area (Å²) in [7, 11) is 2.16. The lowest BCUT2D eigenvalue weighted by molar-refractivity contribution is 0.106. The summed E-state index contributed by atoms with van der Waals surface area (Å²) in [4.78, 5) is 5.77. The molecule has 0 saturated carbocycles. The molecule has 0 bridgehead atoms. The topological polar surface area (TPSA) is 45.4 Å². The molecule has 5 nitrogen and oxygen atoms in total. The molecule has 6 heteroatoms. The van der Waals surface area contributed by atoms with Crippen molar-refractivity contribution in [3.05, 3.63) is 23.4 Å². The Balaban J connectivity index is 1.72. The van der Waals surface area contributed by atoms with Crippen LogP contribution in [0.15, 0.2) is 21.9 Å². The van der Waals surface area contributed by atoms with Gasteiger partial charge in [-0.1, -0.05) is 6.07 Å². The van der Waals surface area contributed by atoms with E-state index >= 15 is 0 Å². The summed E-state index contributed by atoms with van der Waals surface area (Å²) in [6, 6.07) is 4.19. The minimum atomic E-state index is 0.190. The molecule has 0 amide bonds. The lowest BCUT2D eigenvalue weighted by Crippen LogP contribution is -2.45. The first-order chi connectivity index (χ1) is 9.24. The molecule has 1 saturated heterocycles. The van der Waals surface area contributed by atoms with Gasteiger partial charge in [-0.25, -0.2) is 0 Å². The van der Waals surface area contributed by atoms with Gasteiger partial charge in [0.25, 0.3) is 5.89 Å². The molecule has 1 fully saturated rings. The lowest BCUT2D eigenvalue weighted by atomic mass is 10.2. The van der Waals surface area contributed by atoms with Crippen LogP contribution in [0.5, 0.6) is 0 Å². The third-order valence-electron chi connectivity index (χ3n) is 3.62. The largest absolute Gasteiger partial charge is 0.418 e. The molecule has 0 spiro atoms. The average molecular weight is 278 g/mol. The molecule has 102 valence electrons. The quantitative estimate of drug-likeness (QED) is 0.860. The Morgan fingerprint density at radius 3 is 2.74 bits per heavy atom.